The van der Waals surface area contributed by atoms with E-state index in [1.54, 1.807) is 26.4 Å². The molecule has 3 aromatic rings. The summed E-state index contributed by atoms with van der Waals surface area (Å²) < 4.78 is 11.2. The molecule has 6 heteroatoms. The van der Waals surface area contributed by atoms with Crippen molar-refractivity contribution < 1.29 is 14.6 Å². The normalized spacial score (nSPS) is 15.6. The van der Waals surface area contributed by atoms with Crippen molar-refractivity contribution in [2.45, 2.75) is 25.7 Å². The lowest BCUT2D eigenvalue weighted by Crippen LogP contribution is -2.47. The summed E-state index contributed by atoms with van der Waals surface area (Å²) >= 11 is 6.36. The van der Waals surface area contributed by atoms with E-state index >= 15 is 0 Å². The zero-order chi connectivity index (χ0) is 22.5. The summed E-state index contributed by atoms with van der Waals surface area (Å²) in [5.74, 6) is 1.98. The molecule has 0 unspecified atom stereocenters. The van der Waals surface area contributed by atoms with Crippen LogP contribution in [0.2, 0.25) is 5.02 Å². The largest absolute Gasteiger partial charge is 0.508 e. The molecule has 0 atom stereocenters. The molecule has 0 aromatic heterocycles. The Morgan fingerprint density at radius 2 is 1.38 bits per heavy atom. The average molecular weight is 453 g/mol. The van der Waals surface area contributed by atoms with Crippen molar-refractivity contribution >= 4 is 11.6 Å². The van der Waals surface area contributed by atoms with Crippen LogP contribution in [0.4, 0.5) is 0 Å². The zero-order valence-corrected chi connectivity index (χ0v) is 19.3. The third kappa shape index (κ3) is 4.85. The predicted molar refractivity (Wildman–Crippen MR) is 127 cm³/mol. The molecule has 1 heterocycles. The van der Waals surface area contributed by atoms with E-state index in [0.717, 1.165) is 47.7 Å². The maximum absolute atomic E-state index is 10.8. The second kappa shape index (κ2) is 10.3. The van der Waals surface area contributed by atoms with Crippen molar-refractivity contribution in [2.75, 3.05) is 27.3 Å². The summed E-state index contributed by atoms with van der Waals surface area (Å²) in [5.41, 5.74) is 3.03. The van der Waals surface area contributed by atoms with Gasteiger partial charge in [0.05, 0.1) is 20.4 Å². The first-order valence-electron chi connectivity index (χ1n) is 10.8. The van der Waals surface area contributed by atoms with Gasteiger partial charge in [0.15, 0.2) is 0 Å². The fourth-order valence-electron chi connectivity index (χ4n) is 4.51. The summed E-state index contributed by atoms with van der Waals surface area (Å²) in [7, 11) is 3.40. The van der Waals surface area contributed by atoms with Gasteiger partial charge >= 0.3 is 0 Å². The van der Waals surface area contributed by atoms with Crippen LogP contribution in [0.3, 0.4) is 0 Å². The summed E-state index contributed by atoms with van der Waals surface area (Å²) in [6.07, 6.45) is 0.875. The third-order valence-corrected chi connectivity index (χ3v) is 6.22. The van der Waals surface area contributed by atoms with Gasteiger partial charge in [0.1, 0.15) is 17.2 Å². The monoisotopic (exact) mass is 452 g/mol. The highest BCUT2D eigenvalue weighted by molar-refractivity contribution is 6.30. The summed E-state index contributed by atoms with van der Waals surface area (Å²) in [6, 6.07) is 21.4. The maximum atomic E-state index is 10.8. The van der Waals surface area contributed by atoms with Gasteiger partial charge in [-0.2, -0.15) is 0 Å². The minimum atomic E-state index is -0.141. The number of phenols is 1. The molecule has 1 N–H and O–H groups in total. The van der Waals surface area contributed by atoms with Gasteiger partial charge in [-0.1, -0.05) is 48.0 Å². The van der Waals surface area contributed by atoms with Crippen LogP contribution in [-0.4, -0.2) is 42.2 Å². The van der Waals surface area contributed by atoms with Crippen LogP contribution in [0.25, 0.3) is 0 Å². The molecular formula is C26H29ClN2O3. The second-order valence-electron chi connectivity index (χ2n) is 8.00. The lowest BCUT2D eigenvalue weighted by molar-refractivity contribution is -0.0110. The Morgan fingerprint density at radius 3 is 1.91 bits per heavy atom. The molecule has 32 heavy (non-hydrogen) atoms. The highest BCUT2D eigenvalue weighted by Gasteiger charge is 2.33. The number of phenolic OH excluding ortho intramolecular Hbond substituents is 1. The smallest absolute Gasteiger partial charge is 0.123 e. The van der Waals surface area contributed by atoms with Crippen LogP contribution >= 0.6 is 11.6 Å². The van der Waals surface area contributed by atoms with Crippen LogP contribution in [-0.2, 0) is 13.1 Å². The number of nitrogens with zero attached hydrogens (tertiary/aromatic N) is 2. The van der Waals surface area contributed by atoms with E-state index in [4.69, 9.17) is 21.1 Å². The fraction of sp³-hybridized carbons (Fsp3) is 0.308. The molecule has 0 saturated carbocycles. The van der Waals surface area contributed by atoms with E-state index in [2.05, 4.69) is 21.9 Å². The molecule has 1 aliphatic rings. The molecule has 1 aliphatic heterocycles. The molecule has 3 aromatic carbocycles. The van der Waals surface area contributed by atoms with Gasteiger partial charge in [-0.3, -0.25) is 9.80 Å². The molecule has 168 valence electrons. The Labute approximate surface area is 194 Å². The van der Waals surface area contributed by atoms with Gasteiger partial charge in [-0.25, -0.2) is 0 Å². The van der Waals surface area contributed by atoms with Crippen molar-refractivity contribution in [3.05, 3.63) is 88.4 Å². The van der Waals surface area contributed by atoms with Crippen molar-refractivity contribution in [1.82, 2.24) is 9.80 Å². The Bertz CT molecular complexity index is 1000. The third-order valence-electron chi connectivity index (χ3n) is 5.98. The molecule has 0 bridgehead atoms. The minimum Gasteiger partial charge on any atom is -0.508 e. The number of rotatable bonds is 7. The van der Waals surface area contributed by atoms with Crippen molar-refractivity contribution in [3.8, 4) is 17.2 Å². The van der Waals surface area contributed by atoms with E-state index < -0.39 is 0 Å². The first kappa shape index (κ1) is 22.5. The number of ether oxygens (including phenoxy) is 2. The number of para-hydroxylation sites is 2. The van der Waals surface area contributed by atoms with E-state index in [1.807, 2.05) is 42.5 Å². The molecule has 1 fully saturated rings. The molecule has 4 rings (SSSR count). The van der Waals surface area contributed by atoms with Gasteiger partial charge < -0.3 is 14.6 Å². The number of methoxy groups -OCH3 is 2. The standard InChI is InChI=1S/C26H29ClN2O3/c1-31-24-10-5-3-8-19(24)17-28-14-7-15-29(18-20-9-4-6-11-25(20)32-2)26(28)22-16-21(27)12-13-23(22)30/h3-6,8-13,16,26,30H,7,14-15,17-18H2,1-2H3. The molecule has 0 radical (unpaired) electrons. The SMILES string of the molecule is COc1ccccc1CN1CCCN(Cc2ccccc2OC)C1c1cc(Cl)ccc1O. The second-order valence-corrected chi connectivity index (χ2v) is 8.43. The number of benzene rings is 3. The summed E-state index contributed by atoms with van der Waals surface area (Å²) in [6.45, 7) is 3.19. The first-order valence-corrected chi connectivity index (χ1v) is 11.2. The molecule has 0 amide bonds. The Balaban J connectivity index is 1.72. The summed E-state index contributed by atoms with van der Waals surface area (Å²) in [4.78, 5) is 4.75. The number of halogens is 1. The number of hydrogen-bond donors (Lipinski definition) is 1. The van der Waals surface area contributed by atoms with Gasteiger partial charge in [-0.05, 0) is 36.8 Å². The summed E-state index contributed by atoms with van der Waals surface area (Å²) in [5, 5.41) is 11.4. The van der Waals surface area contributed by atoms with Crippen molar-refractivity contribution in [3.63, 3.8) is 0 Å². The lowest BCUT2D eigenvalue weighted by atomic mass is 10.0. The molecular weight excluding hydrogens is 424 g/mol. The Hall–Kier alpha value is -2.73. The minimum absolute atomic E-state index is 0.141. The van der Waals surface area contributed by atoms with Crippen LogP contribution < -0.4 is 9.47 Å². The van der Waals surface area contributed by atoms with Crippen LogP contribution in [0.15, 0.2) is 66.7 Å². The highest BCUT2D eigenvalue weighted by Crippen LogP contribution is 2.39. The number of aromatic hydroxyl groups is 1. The van der Waals surface area contributed by atoms with E-state index in [-0.39, 0.29) is 11.9 Å². The topological polar surface area (TPSA) is 45.2 Å². The predicted octanol–water partition coefficient (Wildman–Crippen LogP) is 5.47. The average Bonchev–Trinajstić information content (AvgIpc) is 2.82. The lowest BCUT2D eigenvalue weighted by Gasteiger charge is -2.44. The molecule has 0 spiro atoms. The van der Waals surface area contributed by atoms with Crippen molar-refractivity contribution in [2.24, 2.45) is 0 Å². The zero-order valence-electron chi connectivity index (χ0n) is 18.5. The van der Waals surface area contributed by atoms with Gasteiger partial charge in [-0.15, -0.1) is 0 Å². The molecule has 1 saturated heterocycles. The van der Waals surface area contributed by atoms with Crippen LogP contribution in [0, 0.1) is 0 Å². The first-order chi connectivity index (χ1) is 15.6. The fourth-order valence-corrected chi connectivity index (χ4v) is 4.69. The van der Waals surface area contributed by atoms with E-state index in [9.17, 15) is 5.11 Å². The highest BCUT2D eigenvalue weighted by atomic mass is 35.5. The van der Waals surface area contributed by atoms with Crippen LogP contribution in [0.1, 0.15) is 29.3 Å². The van der Waals surface area contributed by atoms with E-state index in [1.165, 1.54) is 0 Å². The maximum Gasteiger partial charge on any atom is 0.123 e. The Kier molecular flexibility index (Phi) is 7.20. The van der Waals surface area contributed by atoms with Gasteiger partial charge in [0.2, 0.25) is 0 Å². The quantitative estimate of drug-likeness (QED) is 0.515. The van der Waals surface area contributed by atoms with Crippen LogP contribution in [0.5, 0.6) is 17.2 Å². The van der Waals surface area contributed by atoms with Gasteiger partial charge in [0, 0.05) is 47.9 Å². The van der Waals surface area contributed by atoms with E-state index in [0.29, 0.717) is 18.1 Å². The molecule has 5 nitrogen and oxygen atoms in total. The Morgan fingerprint density at radius 1 is 0.844 bits per heavy atom. The van der Waals surface area contributed by atoms with Gasteiger partial charge in [0.25, 0.3) is 0 Å². The number of hydrogen-bond acceptors (Lipinski definition) is 5. The molecule has 0 aliphatic carbocycles. The van der Waals surface area contributed by atoms with Crippen molar-refractivity contribution in [1.29, 1.82) is 0 Å².